The first kappa shape index (κ1) is 18.8. The topological polar surface area (TPSA) is 54.5 Å². The molecule has 0 aromatic heterocycles. The summed E-state index contributed by atoms with van der Waals surface area (Å²) < 4.78 is 24.6. The van der Waals surface area contributed by atoms with E-state index in [1.807, 2.05) is 11.9 Å². The maximum Gasteiger partial charge on any atom is 0.222 e. The summed E-state index contributed by atoms with van der Waals surface area (Å²) in [6.07, 6.45) is 8.25. The third-order valence-electron chi connectivity index (χ3n) is 9.27. The normalized spacial score (nSPS) is 51.6. The molecule has 1 heterocycles. The van der Waals surface area contributed by atoms with Crippen LogP contribution in [0.3, 0.4) is 0 Å². The molecule has 0 aromatic carbocycles. The number of hydrogen-bond donors (Lipinski definition) is 0. The second-order valence-electron chi connectivity index (χ2n) is 10.6. The van der Waals surface area contributed by atoms with Gasteiger partial charge in [-0.1, -0.05) is 20.8 Å². The number of fused-ring (bicyclic) bond motifs is 5. The van der Waals surface area contributed by atoms with Crippen LogP contribution in [0.4, 0.5) is 0 Å². The SMILES string of the molecule is C[C@H]1C[C@H]2N(C)C(=O)CC[C@]2(C)[C@H]2CC[C@]3(C)C[C@H](S(C)(=O)=O)C[C@H]3[C@H]12. The first-order valence-corrected chi connectivity index (χ1v) is 12.4. The maximum absolute atomic E-state index is 12.3. The van der Waals surface area contributed by atoms with E-state index in [0.29, 0.717) is 42.0 Å². The van der Waals surface area contributed by atoms with Crippen LogP contribution in [0, 0.1) is 34.5 Å². The van der Waals surface area contributed by atoms with Crippen LogP contribution in [0.2, 0.25) is 0 Å². The second-order valence-corrected chi connectivity index (χ2v) is 12.9. The highest BCUT2D eigenvalue weighted by Gasteiger charge is 2.62. The molecule has 0 bridgehead atoms. The van der Waals surface area contributed by atoms with Crippen molar-refractivity contribution in [3.8, 4) is 0 Å². The summed E-state index contributed by atoms with van der Waals surface area (Å²) in [5.74, 6) is 2.63. The lowest BCUT2D eigenvalue weighted by Gasteiger charge is -2.63. The highest BCUT2D eigenvalue weighted by atomic mass is 32.2. The fourth-order valence-electron chi connectivity index (χ4n) is 7.78. The summed E-state index contributed by atoms with van der Waals surface area (Å²) in [5.41, 5.74) is 0.382. The first-order chi connectivity index (χ1) is 12.0. The van der Waals surface area contributed by atoms with Gasteiger partial charge in [-0.3, -0.25) is 4.79 Å². The lowest BCUT2D eigenvalue weighted by molar-refractivity contribution is -0.164. The zero-order chi connectivity index (χ0) is 19.1. The molecule has 0 unspecified atom stereocenters. The van der Waals surface area contributed by atoms with E-state index in [1.54, 1.807) is 0 Å². The summed E-state index contributed by atoms with van der Waals surface area (Å²) >= 11 is 0. The van der Waals surface area contributed by atoms with E-state index in [9.17, 15) is 13.2 Å². The van der Waals surface area contributed by atoms with Crippen molar-refractivity contribution < 1.29 is 13.2 Å². The van der Waals surface area contributed by atoms with Crippen molar-refractivity contribution in [1.29, 1.82) is 0 Å². The van der Waals surface area contributed by atoms with Crippen LogP contribution in [0.15, 0.2) is 0 Å². The quantitative estimate of drug-likeness (QED) is 0.698. The molecule has 5 heteroatoms. The Kier molecular flexibility index (Phi) is 4.12. The summed E-state index contributed by atoms with van der Waals surface area (Å²) in [5, 5.41) is -0.149. The van der Waals surface area contributed by atoms with Crippen LogP contribution in [0.1, 0.15) is 65.7 Å². The van der Waals surface area contributed by atoms with Gasteiger partial charge < -0.3 is 4.90 Å². The second kappa shape index (κ2) is 5.71. The molecule has 3 saturated carbocycles. The van der Waals surface area contributed by atoms with Crippen LogP contribution in [-0.2, 0) is 14.6 Å². The molecular formula is C21H35NO3S. The van der Waals surface area contributed by atoms with Gasteiger partial charge in [0.1, 0.15) is 9.84 Å². The maximum atomic E-state index is 12.3. The number of rotatable bonds is 1. The molecule has 0 radical (unpaired) electrons. The van der Waals surface area contributed by atoms with Crippen molar-refractivity contribution in [3.05, 3.63) is 0 Å². The van der Waals surface area contributed by atoms with Gasteiger partial charge in [-0.05, 0) is 73.0 Å². The molecule has 3 aliphatic carbocycles. The fraction of sp³-hybridized carbons (Fsp3) is 0.952. The Labute approximate surface area is 159 Å². The Morgan fingerprint density at radius 3 is 2.46 bits per heavy atom. The Morgan fingerprint density at radius 1 is 1.12 bits per heavy atom. The van der Waals surface area contributed by atoms with Gasteiger partial charge in [0.2, 0.25) is 5.91 Å². The van der Waals surface area contributed by atoms with Gasteiger partial charge >= 0.3 is 0 Å². The molecule has 1 amide bonds. The van der Waals surface area contributed by atoms with E-state index in [2.05, 4.69) is 20.8 Å². The third-order valence-corrected chi connectivity index (χ3v) is 10.8. The van der Waals surface area contributed by atoms with E-state index in [0.717, 1.165) is 32.1 Å². The van der Waals surface area contributed by atoms with Crippen molar-refractivity contribution in [2.75, 3.05) is 13.3 Å². The van der Waals surface area contributed by atoms with Gasteiger partial charge in [0.15, 0.2) is 0 Å². The van der Waals surface area contributed by atoms with Crippen molar-refractivity contribution >= 4 is 15.7 Å². The molecule has 4 fully saturated rings. The number of nitrogens with zero attached hydrogens (tertiary/aromatic N) is 1. The Bertz CT molecular complexity index is 719. The summed E-state index contributed by atoms with van der Waals surface area (Å²) in [6, 6.07) is 0.358. The molecule has 0 spiro atoms. The highest BCUT2D eigenvalue weighted by Crippen LogP contribution is 2.66. The number of likely N-dealkylation sites (tertiary alicyclic amines) is 1. The van der Waals surface area contributed by atoms with Crippen LogP contribution < -0.4 is 0 Å². The molecule has 0 aromatic rings. The van der Waals surface area contributed by atoms with Crippen LogP contribution in [0.25, 0.3) is 0 Å². The summed E-state index contributed by atoms with van der Waals surface area (Å²) in [4.78, 5) is 14.3. The van der Waals surface area contributed by atoms with Crippen molar-refractivity contribution in [2.45, 2.75) is 77.0 Å². The number of hydrogen-bond acceptors (Lipinski definition) is 3. The molecule has 1 saturated heterocycles. The molecular weight excluding hydrogens is 346 g/mol. The average molecular weight is 382 g/mol. The van der Waals surface area contributed by atoms with Gasteiger partial charge in [-0.25, -0.2) is 8.42 Å². The van der Waals surface area contributed by atoms with Gasteiger partial charge in [0.25, 0.3) is 0 Å². The Balaban J connectivity index is 1.69. The van der Waals surface area contributed by atoms with Crippen molar-refractivity contribution in [3.63, 3.8) is 0 Å². The molecule has 26 heavy (non-hydrogen) atoms. The smallest absolute Gasteiger partial charge is 0.222 e. The minimum absolute atomic E-state index is 0.149. The lowest BCUT2D eigenvalue weighted by Crippen LogP contribution is -2.62. The van der Waals surface area contributed by atoms with Crippen molar-refractivity contribution in [1.82, 2.24) is 4.90 Å². The van der Waals surface area contributed by atoms with E-state index < -0.39 is 9.84 Å². The molecule has 4 rings (SSSR count). The number of amides is 1. The van der Waals surface area contributed by atoms with Gasteiger partial charge in [0, 0.05) is 25.8 Å². The Morgan fingerprint density at radius 2 is 1.81 bits per heavy atom. The van der Waals surface area contributed by atoms with Crippen molar-refractivity contribution in [2.24, 2.45) is 34.5 Å². The number of piperidine rings is 1. The molecule has 4 nitrogen and oxygen atoms in total. The molecule has 0 N–H and O–H groups in total. The van der Waals surface area contributed by atoms with Crippen LogP contribution in [0.5, 0.6) is 0 Å². The molecule has 4 aliphatic rings. The predicted molar refractivity (Wildman–Crippen MR) is 103 cm³/mol. The first-order valence-electron chi connectivity index (χ1n) is 10.4. The third kappa shape index (κ3) is 2.51. The summed E-state index contributed by atoms with van der Waals surface area (Å²) in [7, 11) is -0.962. The zero-order valence-electron chi connectivity index (χ0n) is 17.0. The minimum atomic E-state index is -2.96. The predicted octanol–water partition coefficient (Wildman–Crippen LogP) is 3.51. The standard InChI is InChI=1S/C21H35NO3S/c1-13-10-17-21(3,9-7-18(23)22(17)4)15-6-8-20(2)12-14(26(5,24)25)11-16(20)19(13)15/h13-17,19H,6-12H2,1-5H3/t13-,14+,15-,16-,17+,19+,20+,21+/m0/s1. The molecule has 8 atom stereocenters. The number of carbonyl (C=O) groups is 1. The van der Waals surface area contributed by atoms with Gasteiger partial charge in [-0.15, -0.1) is 0 Å². The van der Waals surface area contributed by atoms with E-state index in [1.165, 1.54) is 12.7 Å². The van der Waals surface area contributed by atoms with Crippen LogP contribution >= 0.6 is 0 Å². The fourth-order valence-corrected chi connectivity index (χ4v) is 9.02. The monoisotopic (exact) mass is 381 g/mol. The molecule has 1 aliphatic heterocycles. The molecule has 148 valence electrons. The van der Waals surface area contributed by atoms with E-state index in [-0.39, 0.29) is 16.1 Å². The van der Waals surface area contributed by atoms with E-state index in [4.69, 9.17) is 0 Å². The highest BCUT2D eigenvalue weighted by molar-refractivity contribution is 7.91. The van der Waals surface area contributed by atoms with Gasteiger partial charge in [-0.2, -0.15) is 0 Å². The van der Waals surface area contributed by atoms with Crippen LogP contribution in [-0.4, -0.2) is 43.8 Å². The van der Waals surface area contributed by atoms with Gasteiger partial charge in [0.05, 0.1) is 5.25 Å². The number of sulfone groups is 1. The summed E-state index contributed by atoms with van der Waals surface area (Å²) in [6.45, 7) is 7.15. The average Bonchev–Trinajstić information content (AvgIpc) is 2.91. The number of carbonyl (C=O) groups excluding carboxylic acids is 1. The lowest BCUT2D eigenvalue weighted by atomic mass is 9.45. The Hall–Kier alpha value is -0.580. The minimum Gasteiger partial charge on any atom is -0.342 e. The largest absolute Gasteiger partial charge is 0.342 e. The zero-order valence-corrected chi connectivity index (χ0v) is 17.8. The van der Waals surface area contributed by atoms with E-state index >= 15 is 0 Å².